The molecule has 2 aliphatic heterocycles. The third kappa shape index (κ3) is 11.3. The van der Waals surface area contributed by atoms with Gasteiger partial charge in [-0.25, -0.2) is 23.1 Å². The summed E-state index contributed by atoms with van der Waals surface area (Å²) in [6, 6.07) is 10.5. The monoisotopic (exact) mass is 995 g/mol. The van der Waals surface area contributed by atoms with Crippen molar-refractivity contribution in [2.24, 2.45) is 20.0 Å². The summed E-state index contributed by atoms with van der Waals surface area (Å²) in [6.45, 7) is 15.7. The number of ether oxygens (including phenoxy) is 2. The minimum atomic E-state index is -3.88. The molecule has 20 heteroatoms. The summed E-state index contributed by atoms with van der Waals surface area (Å²) >= 11 is 0. The molecule has 2 aliphatic rings. The number of rotatable bonds is 22. The van der Waals surface area contributed by atoms with Crippen molar-refractivity contribution in [2.45, 2.75) is 103 Å². The first-order chi connectivity index (χ1) is 34.1. The van der Waals surface area contributed by atoms with Crippen LogP contribution in [-0.2, 0) is 37.0 Å². The Morgan fingerprint density at radius 3 is 1.97 bits per heavy atom. The Bertz CT molecular complexity index is 3100. The molecule has 0 radical (unpaired) electrons. The fourth-order valence-electron chi connectivity index (χ4n) is 9.96. The van der Waals surface area contributed by atoms with Gasteiger partial charge in [0.1, 0.15) is 34.2 Å². The average Bonchev–Trinajstić information content (AvgIpc) is 4.02. The lowest BCUT2D eigenvalue weighted by Crippen LogP contribution is -2.52. The molecule has 0 aliphatic carbocycles. The third-order valence-electron chi connectivity index (χ3n) is 14.1. The average molecular weight is 995 g/mol. The Balaban J connectivity index is 0.947. The van der Waals surface area contributed by atoms with Gasteiger partial charge in [-0.05, 0) is 108 Å². The van der Waals surface area contributed by atoms with Crippen LogP contribution in [-0.4, -0.2) is 147 Å². The first-order valence-corrected chi connectivity index (χ1v) is 26.7. The van der Waals surface area contributed by atoms with Gasteiger partial charge in [-0.15, -0.1) is 0 Å². The highest BCUT2D eigenvalue weighted by molar-refractivity contribution is 7.89. The van der Waals surface area contributed by atoms with Gasteiger partial charge in [0, 0.05) is 64.5 Å². The van der Waals surface area contributed by atoms with Crippen LogP contribution >= 0.6 is 0 Å². The van der Waals surface area contributed by atoms with Crippen molar-refractivity contribution in [1.82, 2.24) is 58.9 Å². The summed E-state index contributed by atoms with van der Waals surface area (Å²) < 4.78 is 45.3. The molecule has 2 aromatic carbocycles. The van der Waals surface area contributed by atoms with Gasteiger partial charge < -0.3 is 24.3 Å². The second-order valence-electron chi connectivity index (χ2n) is 19.3. The normalized spacial score (nSPS) is 17.1. The van der Waals surface area contributed by atoms with E-state index in [9.17, 15) is 22.8 Å². The van der Waals surface area contributed by atoms with E-state index >= 15 is 0 Å². The number of piperazine rings is 1. The standard InChI is InChI=1S/C51H70N12O7S/c1-9-13-39-44-46(60(7)57-39)50(65)55-48(53-44)37-29-34(15-17-42(37)69-26-10-2)41(64)31-62-22-24-63(25-23-62)33(5)32(4)28-40-45-47(61(8)58-40)51(66)56-49(54-45)38-30-36(16-18-43(38)70-27-11-3)71(67,68)52-20-19-35-14-12-21-59(35)6/h15-18,29-30,32-33,35,52H,9-14,19-28,31H2,1-8H3,(H,53,55,65)(H,54,56,66). The van der Waals surface area contributed by atoms with Crippen LogP contribution in [0, 0.1) is 5.92 Å². The lowest BCUT2D eigenvalue weighted by molar-refractivity contribution is 0.0698. The molecule has 0 spiro atoms. The number of carbonyl (C=O) groups excluding carboxylic acids is 1. The molecule has 6 heterocycles. The lowest BCUT2D eigenvalue weighted by Gasteiger charge is -2.40. The van der Waals surface area contributed by atoms with Crippen LogP contribution in [0.5, 0.6) is 11.5 Å². The number of hydrogen-bond donors (Lipinski definition) is 3. The molecule has 2 fully saturated rings. The first kappa shape index (κ1) is 51.6. The number of hydrogen-bond acceptors (Lipinski definition) is 14. The Labute approximate surface area is 415 Å². The van der Waals surface area contributed by atoms with E-state index in [1.807, 2.05) is 13.8 Å². The zero-order chi connectivity index (χ0) is 50.6. The van der Waals surface area contributed by atoms with Gasteiger partial charge in [0.05, 0.1) is 47.2 Å². The highest BCUT2D eigenvalue weighted by Gasteiger charge is 2.29. The number of nitrogens with one attached hydrogen (secondary N) is 3. The number of nitrogens with zero attached hydrogens (tertiary/aromatic N) is 9. The number of aryl methyl sites for hydroxylation is 3. The number of ketones is 1. The van der Waals surface area contributed by atoms with E-state index in [-0.39, 0.29) is 46.1 Å². The molecule has 3 atom stereocenters. The zero-order valence-electron chi connectivity index (χ0n) is 42.5. The fourth-order valence-corrected chi connectivity index (χ4v) is 11.0. The number of H-pyrrole nitrogens is 2. The number of likely N-dealkylation sites (tertiary alicyclic amines) is 1. The van der Waals surface area contributed by atoms with E-state index in [1.165, 1.54) is 12.1 Å². The smallest absolute Gasteiger partial charge is 0.277 e. The van der Waals surface area contributed by atoms with Crippen LogP contribution in [0.1, 0.15) is 94.9 Å². The Kier molecular flexibility index (Phi) is 16.2. The van der Waals surface area contributed by atoms with Gasteiger partial charge >= 0.3 is 0 Å². The fraction of sp³-hybridized carbons (Fsp3) is 0.549. The number of benzene rings is 2. The van der Waals surface area contributed by atoms with E-state index in [0.717, 1.165) is 57.4 Å². The highest BCUT2D eigenvalue weighted by atomic mass is 32.2. The number of aromatic amines is 2. The molecule has 2 saturated heterocycles. The van der Waals surface area contributed by atoms with Crippen LogP contribution in [0.15, 0.2) is 50.9 Å². The topological polar surface area (TPSA) is 219 Å². The molecule has 3 N–H and O–H groups in total. The van der Waals surface area contributed by atoms with Crippen molar-refractivity contribution >= 4 is 37.9 Å². The molecular formula is C51H70N12O7S. The SMILES string of the molecule is CCCOc1ccc(C(=O)CN2CCN(C(C)C(C)Cc3nn(C)c4c(=O)[nH]c(-c5cc(S(=O)(=O)NCCC6CCCN6C)ccc5OCCC)nc34)CC2)cc1-c1nc2c(CCC)nn(C)c2c(=O)[nH]1. The van der Waals surface area contributed by atoms with Gasteiger partial charge in [0.25, 0.3) is 11.1 Å². The second-order valence-corrected chi connectivity index (χ2v) is 21.1. The highest BCUT2D eigenvalue weighted by Crippen LogP contribution is 2.33. The Morgan fingerprint density at radius 1 is 0.789 bits per heavy atom. The minimum Gasteiger partial charge on any atom is -0.493 e. The first-order valence-electron chi connectivity index (χ1n) is 25.3. The van der Waals surface area contributed by atoms with E-state index in [1.54, 1.807) is 47.7 Å². The van der Waals surface area contributed by atoms with E-state index in [2.05, 4.69) is 62.3 Å². The number of fused-ring (bicyclic) bond motifs is 2. The van der Waals surface area contributed by atoms with Crippen LogP contribution in [0.25, 0.3) is 44.8 Å². The summed E-state index contributed by atoms with van der Waals surface area (Å²) in [7, 11) is 1.66. The van der Waals surface area contributed by atoms with Crippen molar-refractivity contribution in [3.05, 3.63) is 74.1 Å². The molecule has 0 bridgehead atoms. The van der Waals surface area contributed by atoms with Crippen LogP contribution in [0.3, 0.4) is 0 Å². The molecule has 8 rings (SSSR count). The molecule has 19 nitrogen and oxygen atoms in total. The molecule has 382 valence electrons. The maximum atomic E-state index is 14.0. The summed E-state index contributed by atoms with van der Waals surface area (Å²) in [5.41, 5.74) is 3.91. The number of aromatic nitrogens is 8. The van der Waals surface area contributed by atoms with Crippen molar-refractivity contribution in [3.8, 4) is 34.3 Å². The molecule has 3 unspecified atom stereocenters. The van der Waals surface area contributed by atoms with Crippen LogP contribution in [0.4, 0.5) is 0 Å². The zero-order valence-corrected chi connectivity index (χ0v) is 43.3. The molecule has 6 aromatic rings. The molecule has 0 amide bonds. The summed E-state index contributed by atoms with van der Waals surface area (Å²) in [5.74, 6) is 1.57. The Hall–Kier alpha value is -5.80. The molecule has 4 aromatic heterocycles. The number of carbonyl (C=O) groups is 1. The van der Waals surface area contributed by atoms with Gasteiger partial charge in [-0.2, -0.15) is 10.2 Å². The van der Waals surface area contributed by atoms with Gasteiger partial charge in [-0.1, -0.05) is 34.1 Å². The predicted molar refractivity (Wildman–Crippen MR) is 275 cm³/mol. The summed E-state index contributed by atoms with van der Waals surface area (Å²) in [4.78, 5) is 63.7. The van der Waals surface area contributed by atoms with Crippen LogP contribution in [0.2, 0.25) is 0 Å². The van der Waals surface area contributed by atoms with Crippen molar-refractivity contribution < 1.29 is 22.7 Å². The van der Waals surface area contributed by atoms with E-state index in [0.29, 0.717) is 120 Å². The largest absolute Gasteiger partial charge is 0.493 e. The Morgan fingerprint density at radius 2 is 1.38 bits per heavy atom. The summed E-state index contributed by atoms with van der Waals surface area (Å²) in [5, 5.41) is 9.36. The summed E-state index contributed by atoms with van der Waals surface area (Å²) in [6.07, 6.45) is 6.46. The van der Waals surface area contributed by atoms with Gasteiger partial charge in [0.2, 0.25) is 10.0 Å². The molecule has 71 heavy (non-hydrogen) atoms. The van der Waals surface area contributed by atoms with Crippen molar-refractivity contribution in [3.63, 3.8) is 0 Å². The van der Waals surface area contributed by atoms with Gasteiger partial charge in [0.15, 0.2) is 16.8 Å². The maximum absolute atomic E-state index is 14.0. The second kappa shape index (κ2) is 22.3. The lowest BCUT2D eigenvalue weighted by atomic mass is 9.95. The predicted octanol–water partition coefficient (Wildman–Crippen LogP) is 5.32. The van der Waals surface area contributed by atoms with E-state index < -0.39 is 10.0 Å². The van der Waals surface area contributed by atoms with Crippen LogP contribution < -0.4 is 25.3 Å². The number of Topliss-reactive ketones (excluding diaryl/α,β-unsaturated/α-hetero) is 1. The molecular weight excluding hydrogens is 925 g/mol. The van der Waals surface area contributed by atoms with Crippen molar-refractivity contribution in [1.29, 1.82) is 0 Å². The maximum Gasteiger partial charge on any atom is 0.277 e. The number of sulfonamides is 1. The molecule has 0 saturated carbocycles. The van der Waals surface area contributed by atoms with Crippen molar-refractivity contribution in [2.75, 3.05) is 66.1 Å². The quantitative estimate of drug-likeness (QED) is 0.0734. The van der Waals surface area contributed by atoms with E-state index in [4.69, 9.17) is 24.5 Å². The van der Waals surface area contributed by atoms with Gasteiger partial charge in [-0.3, -0.25) is 33.5 Å². The minimum absolute atomic E-state index is 0.0414. The third-order valence-corrected chi connectivity index (χ3v) is 15.6.